The molecule has 21 heavy (non-hydrogen) atoms. The lowest BCUT2D eigenvalue weighted by Crippen LogP contribution is -2.26. The van der Waals surface area contributed by atoms with Crippen molar-refractivity contribution >= 4 is 23.5 Å². The highest BCUT2D eigenvalue weighted by Crippen LogP contribution is 2.18. The molecule has 0 unspecified atom stereocenters. The minimum absolute atomic E-state index is 0.0573. The van der Waals surface area contributed by atoms with Gasteiger partial charge in [0.25, 0.3) is 5.56 Å². The Bertz CT molecular complexity index is 639. The van der Waals surface area contributed by atoms with Crippen LogP contribution in [-0.2, 0) is 6.42 Å². The second kappa shape index (κ2) is 8.47. The van der Waals surface area contributed by atoms with Crippen LogP contribution < -0.4 is 5.56 Å². The second-order valence-electron chi connectivity index (χ2n) is 4.28. The van der Waals surface area contributed by atoms with Gasteiger partial charge in [-0.2, -0.15) is 0 Å². The number of aryl methyl sites for hydroxylation is 1. The highest BCUT2D eigenvalue weighted by Gasteiger charge is 2.14. The van der Waals surface area contributed by atoms with Crippen LogP contribution in [0.5, 0.6) is 0 Å². The number of nitrogens with zero attached hydrogens (tertiary/aromatic N) is 2. The molecule has 112 valence electrons. The lowest BCUT2D eigenvalue weighted by molar-refractivity contribution is 0.798. The lowest BCUT2D eigenvalue weighted by atomic mass is 10.2. The first-order chi connectivity index (χ1) is 10.1. The Morgan fingerprint density at radius 1 is 1.38 bits per heavy atom. The molecule has 1 aromatic rings. The fourth-order valence-corrected chi connectivity index (χ4v) is 2.57. The van der Waals surface area contributed by atoms with Crippen LogP contribution in [0.15, 0.2) is 47.2 Å². The maximum Gasteiger partial charge on any atom is 0.272 e. The molecule has 0 bridgehead atoms. The van der Waals surface area contributed by atoms with Gasteiger partial charge in [0, 0.05) is 6.42 Å². The van der Waals surface area contributed by atoms with Gasteiger partial charge in [0.2, 0.25) is 0 Å². The zero-order chi connectivity index (χ0) is 15.8. The van der Waals surface area contributed by atoms with Crippen LogP contribution in [0.1, 0.15) is 31.8 Å². The van der Waals surface area contributed by atoms with Gasteiger partial charge in [-0.25, -0.2) is 4.98 Å². The Kier molecular flexibility index (Phi) is 6.96. The van der Waals surface area contributed by atoms with Gasteiger partial charge in [0.05, 0.1) is 16.3 Å². The van der Waals surface area contributed by atoms with E-state index in [-0.39, 0.29) is 5.56 Å². The summed E-state index contributed by atoms with van der Waals surface area (Å²) in [5.74, 6) is 0.724. The zero-order valence-corrected chi connectivity index (χ0v) is 13.7. The molecule has 0 fully saturated rings. The van der Waals surface area contributed by atoms with E-state index in [4.69, 9.17) is 0 Å². The molecule has 0 radical (unpaired) electrons. The first kappa shape index (κ1) is 17.2. The highest BCUT2D eigenvalue weighted by atomic mass is 32.2. The normalized spacial score (nSPS) is 11.9. The molecule has 1 aromatic heterocycles. The Hall–Kier alpha value is -1.81. The second-order valence-corrected chi connectivity index (χ2v) is 5.10. The molecule has 0 N–H and O–H groups in total. The summed E-state index contributed by atoms with van der Waals surface area (Å²) in [6, 6.07) is 0. The molecule has 0 saturated carbocycles. The molecular formula is C17H22N2OS. The van der Waals surface area contributed by atoms with Crippen molar-refractivity contribution in [2.45, 2.75) is 31.6 Å². The SMILES string of the molecule is C=C/C=C(\C=C/CC)n1c(CC)nc(C=C)c(SC)c1=O. The van der Waals surface area contributed by atoms with Crippen molar-refractivity contribution in [3.05, 3.63) is 59.3 Å². The number of hydrogen-bond donors (Lipinski definition) is 0. The van der Waals surface area contributed by atoms with Crippen molar-refractivity contribution < 1.29 is 0 Å². The van der Waals surface area contributed by atoms with E-state index >= 15 is 0 Å². The number of allylic oxidation sites excluding steroid dienone is 5. The van der Waals surface area contributed by atoms with Crippen LogP contribution in [0.4, 0.5) is 0 Å². The molecule has 0 atom stereocenters. The average molecular weight is 302 g/mol. The summed E-state index contributed by atoms with van der Waals surface area (Å²) in [6.07, 6.45) is 12.5. The van der Waals surface area contributed by atoms with E-state index in [0.717, 1.165) is 17.9 Å². The van der Waals surface area contributed by atoms with Crippen LogP contribution >= 0.6 is 11.8 Å². The Balaban J connectivity index is 3.70. The molecule has 4 heteroatoms. The molecule has 0 spiro atoms. The number of rotatable bonds is 7. The highest BCUT2D eigenvalue weighted by molar-refractivity contribution is 7.98. The van der Waals surface area contributed by atoms with E-state index in [1.807, 2.05) is 31.4 Å². The molecule has 0 aromatic carbocycles. The van der Waals surface area contributed by atoms with E-state index < -0.39 is 0 Å². The van der Waals surface area contributed by atoms with E-state index in [0.29, 0.717) is 17.0 Å². The van der Waals surface area contributed by atoms with Crippen molar-refractivity contribution in [3.63, 3.8) is 0 Å². The summed E-state index contributed by atoms with van der Waals surface area (Å²) in [7, 11) is 0. The maximum atomic E-state index is 12.8. The molecule has 0 amide bonds. The fraction of sp³-hybridized carbons (Fsp3) is 0.294. The zero-order valence-electron chi connectivity index (χ0n) is 12.9. The third-order valence-electron chi connectivity index (χ3n) is 2.92. The molecule has 3 nitrogen and oxygen atoms in total. The molecule has 0 aliphatic rings. The largest absolute Gasteiger partial charge is 0.272 e. The molecule has 0 aliphatic heterocycles. The Labute approximate surface area is 130 Å². The first-order valence-electron chi connectivity index (χ1n) is 6.96. The summed E-state index contributed by atoms with van der Waals surface area (Å²) in [4.78, 5) is 18.0. The van der Waals surface area contributed by atoms with Crippen LogP contribution in [0.3, 0.4) is 0 Å². The Morgan fingerprint density at radius 3 is 2.57 bits per heavy atom. The number of thioether (sulfide) groups is 1. The van der Waals surface area contributed by atoms with Crippen LogP contribution in [0.25, 0.3) is 11.8 Å². The number of aromatic nitrogens is 2. The van der Waals surface area contributed by atoms with Gasteiger partial charge < -0.3 is 0 Å². The van der Waals surface area contributed by atoms with Gasteiger partial charge in [0.1, 0.15) is 5.82 Å². The minimum Gasteiger partial charge on any atom is -0.268 e. The van der Waals surface area contributed by atoms with Crippen molar-refractivity contribution in [3.8, 4) is 0 Å². The summed E-state index contributed by atoms with van der Waals surface area (Å²) in [5.41, 5.74) is 1.38. The minimum atomic E-state index is -0.0573. The molecule has 1 rings (SSSR count). The van der Waals surface area contributed by atoms with Crippen molar-refractivity contribution in [1.82, 2.24) is 9.55 Å². The van der Waals surface area contributed by atoms with Gasteiger partial charge in [-0.3, -0.25) is 9.36 Å². The first-order valence-corrected chi connectivity index (χ1v) is 8.18. The molecular weight excluding hydrogens is 280 g/mol. The van der Waals surface area contributed by atoms with Gasteiger partial charge in [0.15, 0.2) is 0 Å². The maximum absolute atomic E-state index is 12.8. The van der Waals surface area contributed by atoms with Gasteiger partial charge in [-0.15, -0.1) is 11.8 Å². The molecule has 0 aliphatic carbocycles. The topological polar surface area (TPSA) is 34.9 Å². The van der Waals surface area contributed by atoms with Gasteiger partial charge >= 0.3 is 0 Å². The van der Waals surface area contributed by atoms with E-state index in [1.165, 1.54) is 11.8 Å². The van der Waals surface area contributed by atoms with Crippen molar-refractivity contribution in [1.29, 1.82) is 0 Å². The van der Waals surface area contributed by atoms with E-state index in [9.17, 15) is 4.79 Å². The monoisotopic (exact) mass is 302 g/mol. The fourth-order valence-electron chi connectivity index (χ4n) is 1.97. The lowest BCUT2D eigenvalue weighted by Gasteiger charge is -2.15. The van der Waals surface area contributed by atoms with E-state index in [2.05, 4.69) is 25.1 Å². The van der Waals surface area contributed by atoms with Crippen LogP contribution in [0, 0.1) is 0 Å². The average Bonchev–Trinajstić information content (AvgIpc) is 2.50. The third kappa shape index (κ3) is 3.85. The standard InChI is InChI=1S/C17H22N2OS/c1-6-10-12-13(11-7-2)19-15(9-4)18-14(8-3)16(21-5)17(19)20/h7-8,10-12H,2-3,6,9H2,1,4-5H3/b12-10-,13-11+. The third-order valence-corrected chi connectivity index (χ3v) is 3.71. The van der Waals surface area contributed by atoms with Gasteiger partial charge in [-0.05, 0) is 30.9 Å². The molecule has 1 heterocycles. The summed E-state index contributed by atoms with van der Waals surface area (Å²) in [6.45, 7) is 11.5. The quantitative estimate of drug-likeness (QED) is 0.560. The van der Waals surface area contributed by atoms with E-state index in [1.54, 1.807) is 16.7 Å². The summed E-state index contributed by atoms with van der Waals surface area (Å²) < 4.78 is 1.66. The molecule has 0 saturated heterocycles. The number of hydrogen-bond acceptors (Lipinski definition) is 3. The van der Waals surface area contributed by atoms with Crippen LogP contribution in [-0.4, -0.2) is 15.8 Å². The summed E-state index contributed by atoms with van der Waals surface area (Å²) in [5, 5.41) is 0. The predicted molar refractivity (Wildman–Crippen MR) is 93.6 cm³/mol. The van der Waals surface area contributed by atoms with Crippen molar-refractivity contribution in [2.24, 2.45) is 0 Å². The van der Waals surface area contributed by atoms with Crippen molar-refractivity contribution in [2.75, 3.05) is 6.26 Å². The summed E-state index contributed by atoms with van der Waals surface area (Å²) >= 11 is 1.40. The Morgan fingerprint density at radius 2 is 2.10 bits per heavy atom. The van der Waals surface area contributed by atoms with Gasteiger partial charge in [-0.1, -0.05) is 39.2 Å². The smallest absolute Gasteiger partial charge is 0.268 e. The predicted octanol–water partition coefficient (Wildman–Crippen LogP) is 4.16. The van der Waals surface area contributed by atoms with Crippen LogP contribution in [0.2, 0.25) is 0 Å².